The molecule has 0 aliphatic carbocycles. The summed E-state index contributed by atoms with van der Waals surface area (Å²) in [6.07, 6.45) is -1.08. The smallest absolute Gasteiger partial charge is 0.266 e. The van der Waals surface area contributed by atoms with Gasteiger partial charge in [0, 0.05) is 5.56 Å². The predicted molar refractivity (Wildman–Crippen MR) is 110 cm³/mol. The lowest BCUT2D eigenvalue weighted by atomic mass is 9.90. The van der Waals surface area contributed by atoms with Crippen LogP contribution in [0.1, 0.15) is 17.2 Å². The largest absolute Gasteiger partial charge is 0.273 e. The fourth-order valence-corrected chi connectivity index (χ4v) is 4.18. The molecule has 31 heavy (non-hydrogen) atoms. The van der Waals surface area contributed by atoms with Crippen molar-refractivity contribution in [2.24, 2.45) is 5.92 Å². The maximum atomic E-state index is 14.8. The van der Waals surface area contributed by atoms with Gasteiger partial charge in [0.1, 0.15) is 11.7 Å². The van der Waals surface area contributed by atoms with Gasteiger partial charge < -0.3 is 0 Å². The number of carbonyl (C=O) groups excluding carboxylic acids is 2. The van der Waals surface area contributed by atoms with Crippen LogP contribution < -0.4 is 9.96 Å². The predicted octanol–water partition coefficient (Wildman–Crippen LogP) is 3.75. The van der Waals surface area contributed by atoms with Crippen LogP contribution in [0.15, 0.2) is 78.9 Å². The van der Waals surface area contributed by atoms with E-state index in [2.05, 4.69) is 0 Å². The van der Waals surface area contributed by atoms with Gasteiger partial charge in [-0.3, -0.25) is 14.4 Å². The molecule has 6 nitrogen and oxygen atoms in total. The first-order valence-corrected chi connectivity index (χ1v) is 9.73. The van der Waals surface area contributed by atoms with Gasteiger partial charge in [-0.15, -0.1) is 0 Å². The molecule has 0 radical (unpaired) electrons. The zero-order valence-electron chi connectivity index (χ0n) is 16.2. The van der Waals surface area contributed by atoms with E-state index >= 15 is 0 Å². The maximum absolute atomic E-state index is 14.8. The van der Waals surface area contributed by atoms with Gasteiger partial charge in [-0.2, -0.15) is 5.26 Å². The first-order valence-electron chi connectivity index (χ1n) is 9.73. The zero-order chi connectivity index (χ0) is 21.5. The van der Waals surface area contributed by atoms with E-state index in [0.717, 1.165) is 4.90 Å². The monoisotopic (exact) mass is 413 g/mol. The van der Waals surface area contributed by atoms with Crippen LogP contribution in [-0.4, -0.2) is 17.9 Å². The van der Waals surface area contributed by atoms with E-state index in [4.69, 9.17) is 10.1 Å². The third-order valence-electron chi connectivity index (χ3n) is 5.60. The first kappa shape index (κ1) is 19.0. The first-order chi connectivity index (χ1) is 15.1. The van der Waals surface area contributed by atoms with Gasteiger partial charge in [0.2, 0.25) is 5.91 Å². The molecule has 0 aromatic heterocycles. The summed E-state index contributed by atoms with van der Waals surface area (Å²) in [4.78, 5) is 33.7. The van der Waals surface area contributed by atoms with Crippen LogP contribution in [-0.2, 0) is 14.4 Å². The Balaban J connectivity index is 1.59. The second-order valence-electron chi connectivity index (χ2n) is 7.35. The van der Waals surface area contributed by atoms with E-state index in [1.54, 1.807) is 54.6 Å². The molecule has 0 unspecified atom stereocenters. The van der Waals surface area contributed by atoms with Crippen molar-refractivity contribution >= 4 is 23.2 Å². The van der Waals surface area contributed by atoms with Crippen molar-refractivity contribution in [3.63, 3.8) is 0 Å². The molecule has 2 heterocycles. The summed E-state index contributed by atoms with van der Waals surface area (Å²) in [7, 11) is 0. The lowest BCUT2D eigenvalue weighted by molar-refractivity contribution is -0.126. The number of hydrogen-bond donors (Lipinski definition) is 0. The number of carbonyl (C=O) groups is 2. The minimum atomic E-state index is -1.08. The number of hydroxylamine groups is 1. The minimum Gasteiger partial charge on any atom is -0.273 e. The number of para-hydroxylation sites is 1. The lowest BCUT2D eigenvalue weighted by Gasteiger charge is -2.29. The number of nitriles is 1. The number of hydrogen-bond acceptors (Lipinski definition) is 5. The van der Waals surface area contributed by atoms with Gasteiger partial charge in [-0.1, -0.05) is 36.4 Å². The Kier molecular flexibility index (Phi) is 4.50. The Labute approximate surface area is 177 Å². The fraction of sp³-hybridized carbons (Fsp3) is 0.125. The third-order valence-corrected chi connectivity index (χ3v) is 5.60. The fourth-order valence-electron chi connectivity index (χ4n) is 4.18. The van der Waals surface area contributed by atoms with E-state index in [9.17, 15) is 14.0 Å². The molecule has 0 N–H and O–H groups in total. The van der Waals surface area contributed by atoms with Crippen molar-refractivity contribution < 1.29 is 18.8 Å². The summed E-state index contributed by atoms with van der Waals surface area (Å²) < 4.78 is 14.8. The molecule has 0 bridgehead atoms. The normalized spacial score (nSPS) is 22.5. The highest BCUT2D eigenvalue weighted by molar-refractivity contribution is 6.23. The molecule has 2 aliphatic rings. The molecule has 0 spiro atoms. The molecule has 3 aromatic rings. The summed E-state index contributed by atoms with van der Waals surface area (Å²) >= 11 is 0. The number of imide groups is 1. The average Bonchev–Trinajstić information content (AvgIpc) is 3.31. The quantitative estimate of drug-likeness (QED) is 0.612. The van der Waals surface area contributed by atoms with Crippen molar-refractivity contribution in [1.29, 1.82) is 5.26 Å². The number of fused-ring (bicyclic) bond motifs is 1. The average molecular weight is 413 g/mol. The van der Waals surface area contributed by atoms with Gasteiger partial charge in [0.05, 0.1) is 29.0 Å². The van der Waals surface area contributed by atoms with Crippen molar-refractivity contribution in [3.8, 4) is 6.07 Å². The van der Waals surface area contributed by atoms with Crippen LogP contribution in [0.3, 0.4) is 0 Å². The molecule has 3 atom stereocenters. The summed E-state index contributed by atoms with van der Waals surface area (Å²) in [6, 6.07) is 22.5. The Morgan fingerprint density at radius 3 is 2.19 bits per heavy atom. The maximum Gasteiger partial charge on any atom is 0.266 e. The highest BCUT2D eigenvalue weighted by atomic mass is 19.1. The molecule has 2 fully saturated rings. The zero-order valence-corrected chi connectivity index (χ0v) is 16.2. The van der Waals surface area contributed by atoms with Crippen molar-refractivity contribution in [2.45, 2.75) is 12.1 Å². The molecule has 2 amide bonds. The van der Waals surface area contributed by atoms with Gasteiger partial charge >= 0.3 is 0 Å². The Hall–Kier alpha value is -4.02. The second-order valence-corrected chi connectivity index (χ2v) is 7.35. The standard InChI is InChI=1S/C24H16FN3O3/c25-19-9-5-4-8-18(19)21-20-22(31-28(21)17-6-2-1-3-7-17)24(30)27(23(20)29)16-12-10-15(14-26)11-13-16/h1-13,20-22H/t20-,21-,22-/m1/s1. The van der Waals surface area contributed by atoms with Crippen molar-refractivity contribution in [2.75, 3.05) is 9.96 Å². The Morgan fingerprint density at radius 2 is 1.52 bits per heavy atom. The summed E-state index contributed by atoms with van der Waals surface area (Å²) in [5.74, 6) is -2.37. The Morgan fingerprint density at radius 1 is 0.839 bits per heavy atom. The summed E-state index contributed by atoms with van der Waals surface area (Å²) in [5.41, 5.74) is 1.67. The van der Waals surface area contributed by atoms with E-state index in [0.29, 0.717) is 16.9 Å². The molecule has 2 aliphatic heterocycles. The van der Waals surface area contributed by atoms with E-state index < -0.39 is 35.7 Å². The van der Waals surface area contributed by atoms with Gasteiger partial charge in [0.25, 0.3) is 5.91 Å². The topological polar surface area (TPSA) is 73.6 Å². The number of halogens is 1. The number of benzene rings is 3. The molecule has 152 valence electrons. The molecule has 0 saturated carbocycles. The minimum absolute atomic E-state index is 0.279. The highest BCUT2D eigenvalue weighted by Gasteiger charge is 2.60. The van der Waals surface area contributed by atoms with Gasteiger partial charge in [0.15, 0.2) is 6.10 Å². The molecule has 3 aromatic carbocycles. The number of rotatable bonds is 3. The van der Waals surface area contributed by atoms with Crippen LogP contribution >= 0.6 is 0 Å². The van der Waals surface area contributed by atoms with E-state index in [1.807, 2.05) is 12.1 Å². The number of amides is 2. The molecule has 7 heteroatoms. The lowest BCUT2D eigenvalue weighted by Crippen LogP contribution is -2.37. The highest BCUT2D eigenvalue weighted by Crippen LogP contribution is 2.48. The molecular weight excluding hydrogens is 397 g/mol. The molecule has 5 rings (SSSR count). The molecule has 2 saturated heterocycles. The van der Waals surface area contributed by atoms with E-state index in [1.165, 1.54) is 23.3 Å². The second kappa shape index (κ2) is 7.35. The van der Waals surface area contributed by atoms with Gasteiger partial charge in [-0.25, -0.2) is 14.4 Å². The summed E-state index contributed by atoms with van der Waals surface area (Å²) in [5, 5.41) is 10.5. The molecular formula is C24H16FN3O3. The van der Waals surface area contributed by atoms with E-state index in [-0.39, 0.29) is 5.56 Å². The van der Waals surface area contributed by atoms with Crippen LogP contribution in [0.4, 0.5) is 15.8 Å². The van der Waals surface area contributed by atoms with Crippen molar-refractivity contribution in [3.05, 3.63) is 95.8 Å². The van der Waals surface area contributed by atoms with Crippen LogP contribution in [0.2, 0.25) is 0 Å². The van der Waals surface area contributed by atoms with Gasteiger partial charge in [-0.05, 0) is 42.5 Å². The Bertz CT molecular complexity index is 1210. The number of anilines is 2. The number of nitrogens with zero attached hydrogens (tertiary/aromatic N) is 3. The van der Waals surface area contributed by atoms with Crippen molar-refractivity contribution in [1.82, 2.24) is 0 Å². The van der Waals surface area contributed by atoms with Crippen LogP contribution in [0.5, 0.6) is 0 Å². The third kappa shape index (κ3) is 2.97. The van der Waals surface area contributed by atoms with Crippen LogP contribution in [0.25, 0.3) is 0 Å². The van der Waals surface area contributed by atoms with Crippen LogP contribution in [0, 0.1) is 23.1 Å². The SMILES string of the molecule is N#Cc1ccc(N2C(=O)[C@@H]3[C@@H](c4ccccc4F)N(c4ccccc4)O[C@H]3C2=O)cc1. The summed E-state index contributed by atoms with van der Waals surface area (Å²) in [6.45, 7) is 0.